The van der Waals surface area contributed by atoms with E-state index in [2.05, 4.69) is 31.9 Å². The van der Waals surface area contributed by atoms with Crippen molar-refractivity contribution >= 4 is 5.91 Å². The lowest BCUT2D eigenvalue weighted by Gasteiger charge is -2.02. The lowest BCUT2D eigenvalue weighted by atomic mass is 10.3. The van der Waals surface area contributed by atoms with E-state index in [4.69, 9.17) is 6.42 Å². The van der Waals surface area contributed by atoms with E-state index in [1.807, 2.05) is 0 Å². The summed E-state index contributed by atoms with van der Waals surface area (Å²) in [5, 5.41) is 14.8. The van der Waals surface area contributed by atoms with E-state index in [0.29, 0.717) is 0 Å². The number of aromatic nitrogens is 4. The van der Waals surface area contributed by atoms with Crippen molar-refractivity contribution in [2.24, 2.45) is 0 Å². The number of carbonyl (C=O) groups is 1. The van der Waals surface area contributed by atoms with Gasteiger partial charge < -0.3 is 5.32 Å². The fraction of sp³-hybridized carbons (Fsp3) is 0.333. The van der Waals surface area contributed by atoms with Gasteiger partial charge in [0.15, 0.2) is 0 Å². The van der Waals surface area contributed by atoms with Gasteiger partial charge in [0.05, 0.1) is 6.04 Å². The van der Waals surface area contributed by atoms with E-state index in [1.54, 1.807) is 6.92 Å². The molecule has 1 amide bonds. The highest BCUT2D eigenvalue weighted by molar-refractivity contribution is 5.90. The standard InChI is InChI=1S/C6H7N5O/c1-3-4(2)7-6(12)5-8-10-11-9-5/h1,4H,2H3,(H,7,12)(H,8,9,10,11). The molecular formula is C6H7N5O. The third kappa shape index (κ3) is 1.79. The Bertz CT molecular complexity index is 298. The first-order chi connectivity index (χ1) is 5.74. The number of rotatable bonds is 2. The number of terminal acetylenes is 1. The van der Waals surface area contributed by atoms with Crippen molar-refractivity contribution in [3.8, 4) is 12.3 Å². The highest BCUT2D eigenvalue weighted by Crippen LogP contribution is 1.85. The molecule has 0 fully saturated rings. The number of hydrogen-bond donors (Lipinski definition) is 2. The second-order valence-corrected chi connectivity index (χ2v) is 2.10. The Balaban J connectivity index is 2.57. The van der Waals surface area contributed by atoms with Gasteiger partial charge in [0.25, 0.3) is 11.7 Å². The molecule has 1 unspecified atom stereocenters. The summed E-state index contributed by atoms with van der Waals surface area (Å²) < 4.78 is 0. The number of nitrogens with zero attached hydrogens (tertiary/aromatic N) is 3. The average Bonchev–Trinajstić information content (AvgIpc) is 2.56. The van der Waals surface area contributed by atoms with Gasteiger partial charge in [-0.3, -0.25) is 4.79 Å². The molecule has 1 aromatic heterocycles. The topological polar surface area (TPSA) is 83.6 Å². The zero-order valence-electron chi connectivity index (χ0n) is 6.40. The first-order valence-electron chi connectivity index (χ1n) is 3.24. The zero-order chi connectivity index (χ0) is 8.97. The molecule has 0 saturated heterocycles. The fourth-order valence-electron chi connectivity index (χ4n) is 0.561. The minimum atomic E-state index is -0.436. The Morgan fingerprint density at radius 3 is 3.08 bits per heavy atom. The van der Waals surface area contributed by atoms with Crippen LogP contribution in [0.1, 0.15) is 17.5 Å². The summed E-state index contributed by atoms with van der Waals surface area (Å²) in [7, 11) is 0. The van der Waals surface area contributed by atoms with Crippen LogP contribution in [0.3, 0.4) is 0 Å². The molecule has 0 radical (unpaired) electrons. The van der Waals surface area contributed by atoms with Crippen LogP contribution in [0, 0.1) is 12.3 Å². The zero-order valence-corrected chi connectivity index (χ0v) is 6.40. The van der Waals surface area contributed by atoms with Crippen molar-refractivity contribution in [2.45, 2.75) is 13.0 Å². The van der Waals surface area contributed by atoms with Crippen molar-refractivity contribution in [1.82, 2.24) is 25.9 Å². The molecule has 1 aromatic rings. The first kappa shape index (κ1) is 8.20. The Morgan fingerprint density at radius 2 is 2.58 bits per heavy atom. The highest BCUT2D eigenvalue weighted by Gasteiger charge is 2.11. The quantitative estimate of drug-likeness (QED) is 0.548. The molecule has 0 aliphatic heterocycles. The van der Waals surface area contributed by atoms with Crippen LogP contribution < -0.4 is 5.32 Å². The maximum atomic E-state index is 11.1. The van der Waals surface area contributed by atoms with Crippen molar-refractivity contribution in [3.63, 3.8) is 0 Å². The molecule has 0 spiro atoms. The molecule has 0 bridgehead atoms. The molecule has 0 aromatic carbocycles. The number of aromatic amines is 1. The van der Waals surface area contributed by atoms with Gasteiger partial charge in [-0.05, 0) is 12.1 Å². The van der Waals surface area contributed by atoms with Crippen LogP contribution >= 0.6 is 0 Å². The number of hydrogen-bond acceptors (Lipinski definition) is 4. The minimum absolute atomic E-state index is 0.0166. The molecule has 12 heavy (non-hydrogen) atoms. The number of carbonyl (C=O) groups excluding carboxylic acids is 1. The number of amides is 1. The summed E-state index contributed by atoms with van der Waals surface area (Å²) in [6.45, 7) is 1.68. The van der Waals surface area contributed by atoms with E-state index in [0.717, 1.165) is 0 Å². The second-order valence-electron chi connectivity index (χ2n) is 2.10. The maximum Gasteiger partial charge on any atom is 0.293 e. The monoisotopic (exact) mass is 165 g/mol. The van der Waals surface area contributed by atoms with Gasteiger partial charge in [0, 0.05) is 0 Å². The first-order valence-corrected chi connectivity index (χ1v) is 3.24. The second kappa shape index (κ2) is 3.48. The van der Waals surface area contributed by atoms with E-state index in [9.17, 15) is 4.79 Å². The minimum Gasteiger partial charge on any atom is -0.336 e. The molecule has 1 rings (SSSR count). The van der Waals surface area contributed by atoms with Crippen LogP contribution in [-0.2, 0) is 0 Å². The maximum absolute atomic E-state index is 11.1. The third-order valence-corrected chi connectivity index (χ3v) is 1.15. The van der Waals surface area contributed by atoms with Crippen LogP contribution in [-0.4, -0.2) is 32.6 Å². The number of tetrazole rings is 1. The Hall–Kier alpha value is -1.90. The summed E-state index contributed by atoms with van der Waals surface area (Å²) in [5.74, 6) is 1.89. The molecule has 1 heterocycles. The highest BCUT2D eigenvalue weighted by atomic mass is 16.2. The Labute approximate surface area is 68.7 Å². The molecule has 1 atom stereocenters. The summed E-state index contributed by atoms with van der Waals surface area (Å²) in [6, 6.07) is -0.337. The summed E-state index contributed by atoms with van der Waals surface area (Å²) in [6.07, 6.45) is 5.04. The number of H-pyrrole nitrogens is 1. The summed E-state index contributed by atoms with van der Waals surface area (Å²) in [4.78, 5) is 11.1. The predicted molar refractivity (Wildman–Crippen MR) is 39.9 cm³/mol. The van der Waals surface area contributed by atoms with Gasteiger partial charge in [-0.1, -0.05) is 5.92 Å². The lowest BCUT2D eigenvalue weighted by Crippen LogP contribution is -2.32. The van der Waals surface area contributed by atoms with Crippen molar-refractivity contribution in [2.75, 3.05) is 0 Å². The van der Waals surface area contributed by atoms with Crippen molar-refractivity contribution < 1.29 is 4.79 Å². The van der Waals surface area contributed by atoms with Gasteiger partial charge in [-0.25, -0.2) is 0 Å². The Kier molecular flexibility index (Phi) is 2.38. The normalized spacial score (nSPS) is 11.7. The largest absolute Gasteiger partial charge is 0.336 e. The van der Waals surface area contributed by atoms with E-state index in [-0.39, 0.29) is 11.9 Å². The fourth-order valence-corrected chi connectivity index (χ4v) is 0.561. The van der Waals surface area contributed by atoms with Gasteiger partial charge in [0.1, 0.15) is 0 Å². The van der Waals surface area contributed by atoms with Crippen molar-refractivity contribution in [3.05, 3.63) is 5.82 Å². The molecule has 62 valence electrons. The van der Waals surface area contributed by atoms with Crippen LogP contribution in [0.25, 0.3) is 0 Å². The SMILES string of the molecule is C#CC(C)NC(=O)c1nn[nH]n1. The Morgan fingerprint density at radius 1 is 1.83 bits per heavy atom. The van der Waals surface area contributed by atoms with Gasteiger partial charge >= 0.3 is 0 Å². The molecule has 0 aliphatic rings. The van der Waals surface area contributed by atoms with Crippen LogP contribution in [0.15, 0.2) is 0 Å². The third-order valence-electron chi connectivity index (χ3n) is 1.15. The smallest absolute Gasteiger partial charge is 0.293 e. The molecule has 6 nitrogen and oxygen atoms in total. The van der Waals surface area contributed by atoms with Gasteiger partial charge in [-0.2, -0.15) is 5.21 Å². The summed E-state index contributed by atoms with van der Waals surface area (Å²) in [5.41, 5.74) is 0. The molecule has 0 aliphatic carbocycles. The molecule has 0 saturated carbocycles. The van der Waals surface area contributed by atoms with Gasteiger partial charge in [-0.15, -0.1) is 16.6 Å². The lowest BCUT2D eigenvalue weighted by molar-refractivity contribution is 0.0938. The van der Waals surface area contributed by atoms with Crippen LogP contribution in [0.2, 0.25) is 0 Å². The van der Waals surface area contributed by atoms with Crippen molar-refractivity contribution in [1.29, 1.82) is 0 Å². The van der Waals surface area contributed by atoms with Gasteiger partial charge in [0.2, 0.25) is 0 Å². The molecule has 2 N–H and O–H groups in total. The van der Waals surface area contributed by atoms with E-state index < -0.39 is 5.91 Å². The predicted octanol–water partition coefficient (Wildman–Crippen LogP) is -1.05. The summed E-state index contributed by atoms with van der Waals surface area (Å²) >= 11 is 0. The molecular weight excluding hydrogens is 158 g/mol. The van der Waals surface area contributed by atoms with E-state index >= 15 is 0 Å². The average molecular weight is 165 g/mol. The van der Waals surface area contributed by atoms with E-state index in [1.165, 1.54) is 0 Å². The van der Waals surface area contributed by atoms with Crippen LogP contribution in [0.5, 0.6) is 0 Å². The number of nitrogens with one attached hydrogen (secondary N) is 2. The molecule has 6 heteroatoms. The van der Waals surface area contributed by atoms with Crippen LogP contribution in [0.4, 0.5) is 0 Å².